The molecule has 2 aromatic rings. The van der Waals surface area contributed by atoms with Crippen molar-refractivity contribution >= 4 is 17.5 Å². The summed E-state index contributed by atoms with van der Waals surface area (Å²) < 4.78 is 0. The molecule has 2 N–H and O–H groups in total. The van der Waals surface area contributed by atoms with Crippen molar-refractivity contribution in [2.75, 3.05) is 5.32 Å². The van der Waals surface area contributed by atoms with Crippen molar-refractivity contribution in [1.29, 1.82) is 0 Å². The summed E-state index contributed by atoms with van der Waals surface area (Å²) >= 11 is 0. The number of anilines is 1. The van der Waals surface area contributed by atoms with Crippen molar-refractivity contribution in [2.24, 2.45) is 0 Å². The topological polar surface area (TPSA) is 71.1 Å². The van der Waals surface area contributed by atoms with Crippen LogP contribution in [0.5, 0.6) is 0 Å². The number of nitrogens with zero attached hydrogens (tertiary/aromatic N) is 1. The second-order valence-corrected chi connectivity index (χ2v) is 7.29. The zero-order valence-corrected chi connectivity index (χ0v) is 15.4. The zero-order valence-electron chi connectivity index (χ0n) is 15.4. The number of nitrogens with one attached hydrogen (secondary N) is 2. The number of carbonyl (C=O) groups excluding carboxylic acids is 2. The molecule has 5 heteroatoms. The van der Waals surface area contributed by atoms with Gasteiger partial charge in [-0.25, -0.2) is 4.98 Å². The Morgan fingerprint density at radius 3 is 2.12 bits per heavy atom. The minimum absolute atomic E-state index is 0.00504. The van der Waals surface area contributed by atoms with Gasteiger partial charge in [-0.1, -0.05) is 45.0 Å². The fourth-order valence-corrected chi connectivity index (χ4v) is 2.46. The number of amides is 2. The van der Waals surface area contributed by atoms with Gasteiger partial charge in [0.25, 0.3) is 11.8 Å². The van der Waals surface area contributed by atoms with Crippen LogP contribution in [-0.4, -0.2) is 22.8 Å². The number of para-hydroxylation sites is 1. The van der Waals surface area contributed by atoms with Gasteiger partial charge in [0.1, 0.15) is 11.4 Å². The summed E-state index contributed by atoms with van der Waals surface area (Å²) in [5, 5.41) is 5.68. The Morgan fingerprint density at radius 2 is 1.52 bits per heavy atom. The van der Waals surface area contributed by atoms with Crippen LogP contribution in [0.1, 0.15) is 61.2 Å². The van der Waals surface area contributed by atoms with Crippen LogP contribution < -0.4 is 10.6 Å². The van der Waals surface area contributed by atoms with Crippen LogP contribution in [-0.2, 0) is 5.41 Å². The van der Waals surface area contributed by atoms with Crippen LogP contribution in [0.3, 0.4) is 0 Å². The molecule has 0 unspecified atom stereocenters. The van der Waals surface area contributed by atoms with Gasteiger partial charge in [-0.05, 0) is 43.0 Å². The maximum atomic E-state index is 12.6. The van der Waals surface area contributed by atoms with Gasteiger partial charge in [-0.2, -0.15) is 0 Å². The molecule has 0 fully saturated rings. The van der Waals surface area contributed by atoms with E-state index in [1.807, 2.05) is 38.1 Å². The maximum Gasteiger partial charge on any atom is 0.274 e. The molecule has 0 aliphatic rings. The highest BCUT2D eigenvalue weighted by Gasteiger charge is 2.20. The fraction of sp³-hybridized carbons (Fsp3) is 0.350. The van der Waals surface area contributed by atoms with Crippen LogP contribution in [0.4, 0.5) is 5.69 Å². The van der Waals surface area contributed by atoms with Crippen molar-refractivity contribution in [2.45, 2.75) is 46.1 Å². The lowest BCUT2D eigenvalue weighted by atomic mass is 9.86. The van der Waals surface area contributed by atoms with Gasteiger partial charge in [0.15, 0.2) is 0 Å². The highest BCUT2D eigenvalue weighted by atomic mass is 16.2. The number of carbonyl (C=O) groups is 2. The number of pyridine rings is 1. The van der Waals surface area contributed by atoms with Gasteiger partial charge in [0, 0.05) is 11.7 Å². The Morgan fingerprint density at radius 1 is 0.920 bits per heavy atom. The molecule has 132 valence electrons. The summed E-state index contributed by atoms with van der Waals surface area (Å²) in [5.41, 5.74) is 2.12. The SMILES string of the molecule is CC(C)NC(=O)c1cccc(C(=O)Nc2ccccc2C(C)(C)C)n1. The summed E-state index contributed by atoms with van der Waals surface area (Å²) in [6.45, 7) is 10.0. The number of aromatic nitrogens is 1. The summed E-state index contributed by atoms with van der Waals surface area (Å²) in [7, 11) is 0. The van der Waals surface area contributed by atoms with Gasteiger partial charge in [-0.3, -0.25) is 9.59 Å². The number of benzene rings is 1. The molecule has 5 nitrogen and oxygen atoms in total. The highest BCUT2D eigenvalue weighted by Crippen LogP contribution is 2.29. The van der Waals surface area contributed by atoms with E-state index in [2.05, 4.69) is 36.4 Å². The van der Waals surface area contributed by atoms with Gasteiger partial charge >= 0.3 is 0 Å². The van der Waals surface area contributed by atoms with E-state index in [1.54, 1.807) is 18.2 Å². The molecule has 0 spiro atoms. The molecule has 2 amide bonds. The third-order valence-corrected chi connectivity index (χ3v) is 3.62. The molecule has 2 rings (SSSR count). The van der Waals surface area contributed by atoms with E-state index < -0.39 is 0 Å². The van der Waals surface area contributed by atoms with Gasteiger partial charge < -0.3 is 10.6 Å². The molecule has 1 heterocycles. The third-order valence-electron chi connectivity index (χ3n) is 3.62. The standard InChI is InChI=1S/C20H25N3O2/c1-13(2)21-18(24)16-11-8-12-17(22-16)19(25)23-15-10-7-6-9-14(15)20(3,4)5/h6-13H,1-5H3,(H,21,24)(H,23,25). The minimum atomic E-state index is -0.337. The first-order chi connectivity index (χ1) is 11.7. The van der Waals surface area contributed by atoms with Crippen LogP contribution in [0.15, 0.2) is 42.5 Å². The first-order valence-corrected chi connectivity index (χ1v) is 8.37. The quantitative estimate of drug-likeness (QED) is 0.891. The van der Waals surface area contributed by atoms with Crippen molar-refractivity contribution in [3.63, 3.8) is 0 Å². The zero-order chi connectivity index (χ0) is 18.6. The molecule has 0 aliphatic carbocycles. The monoisotopic (exact) mass is 339 g/mol. The average Bonchev–Trinajstić information content (AvgIpc) is 2.54. The Kier molecular flexibility index (Phi) is 5.57. The third kappa shape index (κ3) is 4.89. The predicted molar refractivity (Wildman–Crippen MR) is 99.9 cm³/mol. The summed E-state index contributed by atoms with van der Waals surface area (Å²) in [6.07, 6.45) is 0. The van der Waals surface area contributed by atoms with E-state index >= 15 is 0 Å². The lowest BCUT2D eigenvalue weighted by Gasteiger charge is -2.22. The second-order valence-electron chi connectivity index (χ2n) is 7.29. The Labute approximate surface area is 148 Å². The summed E-state index contributed by atoms with van der Waals surface area (Å²) in [4.78, 5) is 28.8. The van der Waals surface area contributed by atoms with Crippen LogP contribution in [0.25, 0.3) is 0 Å². The van der Waals surface area contributed by atoms with Crippen molar-refractivity contribution in [3.05, 3.63) is 59.4 Å². The van der Waals surface area contributed by atoms with E-state index in [1.165, 1.54) is 0 Å². The van der Waals surface area contributed by atoms with Gasteiger partial charge in [0.05, 0.1) is 0 Å². The number of rotatable bonds is 4. The molecule has 25 heavy (non-hydrogen) atoms. The van der Waals surface area contributed by atoms with Crippen LogP contribution in [0, 0.1) is 0 Å². The minimum Gasteiger partial charge on any atom is -0.349 e. The normalized spacial score (nSPS) is 11.3. The summed E-state index contributed by atoms with van der Waals surface area (Å²) in [5.74, 6) is -0.629. The fourth-order valence-electron chi connectivity index (χ4n) is 2.46. The van der Waals surface area contributed by atoms with Crippen LogP contribution in [0.2, 0.25) is 0 Å². The molecule has 0 radical (unpaired) electrons. The van der Waals surface area contributed by atoms with E-state index in [-0.39, 0.29) is 34.7 Å². The molecule has 0 bridgehead atoms. The molecule has 0 saturated heterocycles. The maximum absolute atomic E-state index is 12.6. The molecule has 1 aromatic heterocycles. The van der Waals surface area contributed by atoms with Gasteiger partial charge in [-0.15, -0.1) is 0 Å². The van der Waals surface area contributed by atoms with E-state index in [0.717, 1.165) is 11.3 Å². The molecule has 1 aromatic carbocycles. The van der Waals surface area contributed by atoms with Crippen molar-refractivity contribution in [1.82, 2.24) is 10.3 Å². The first kappa shape index (κ1) is 18.6. The van der Waals surface area contributed by atoms with Gasteiger partial charge in [0.2, 0.25) is 0 Å². The highest BCUT2D eigenvalue weighted by molar-refractivity contribution is 6.04. The first-order valence-electron chi connectivity index (χ1n) is 8.37. The molecule has 0 saturated carbocycles. The lowest BCUT2D eigenvalue weighted by Crippen LogP contribution is -2.31. The van der Waals surface area contributed by atoms with E-state index in [9.17, 15) is 9.59 Å². The second kappa shape index (κ2) is 7.47. The largest absolute Gasteiger partial charge is 0.349 e. The lowest BCUT2D eigenvalue weighted by molar-refractivity contribution is 0.0938. The molecule has 0 atom stereocenters. The average molecular weight is 339 g/mol. The predicted octanol–water partition coefficient (Wildman–Crippen LogP) is 3.77. The van der Waals surface area contributed by atoms with Crippen molar-refractivity contribution < 1.29 is 9.59 Å². The smallest absolute Gasteiger partial charge is 0.274 e. The Balaban J connectivity index is 2.24. The van der Waals surface area contributed by atoms with Crippen LogP contribution >= 0.6 is 0 Å². The molecular formula is C20H25N3O2. The molecular weight excluding hydrogens is 314 g/mol. The van der Waals surface area contributed by atoms with Crippen molar-refractivity contribution in [3.8, 4) is 0 Å². The number of hydrogen-bond donors (Lipinski definition) is 2. The summed E-state index contributed by atoms with van der Waals surface area (Å²) in [6, 6.07) is 12.6. The Bertz CT molecular complexity index is 777. The van der Waals surface area contributed by atoms with E-state index in [0.29, 0.717) is 0 Å². The Hall–Kier alpha value is -2.69. The van der Waals surface area contributed by atoms with E-state index in [4.69, 9.17) is 0 Å². The number of hydrogen-bond acceptors (Lipinski definition) is 3. The molecule has 0 aliphatic heterocycles.